The third-order valence-corrected chi connectivity index (χ3v) is 5.45. The van der Waals surface area contributed by atoms with Crippen molar-refractivity contribution < 1.29 is 22.8 Å². The van der Waals surface area contributed by atoms with Crippen molar-refractivity contribution in [2.24, 2.45) is 0 Å². The fourth-order valence-corrected chi connectivity index (χ4v) is 4.19. The van der Waals surface area contributed by atoms with Crippen molar-refractivity contribution in [3.63, 3.8) is 0 Å². The molecule has 0 aliphatic carbocycles. The second-order valence-corrected chi connectivity index (χ2v) is 7.27. The lowest BCUT2D eigenvalue weighted by Crippen LogP contribution is -2.25. The largest absolute Gasteiger partial charge is 0.416 e. The lowest BCUT2D eigenvalue weighted by molar-refractivity contribution is -0.137. The van der Waals surface area contributed by atoms with E-state index in [-0.39, 0.29) is 11.1 Å². The molecule has 1 aliphatic rings. The number of carbonyl (C=O) groups is 2. The monoisotopic (exact) mass is 357 g/mol. The summed E-state index contributed by atoms with van der Waals surface area (Å²) in [6, 6.07) is 8.59. The van der Waals surface area contributed by atoms with Crippen LogP contribution < -0.4 is 5.32 Å². The Bertz CT molecular complexity index is 753. The van der Waals surface area contributed by atoms with Crippen molar-refractivity contribution in [3.05, 3.63) is 46.8 Å². The highest BCUT2D eigenvalue weighted by molar-refractivity contribution is 8.15. The third kappa shape index (κ3) is 3.59. The third-order valence-electron chi connectivity index (χ3n) is 3.31. The number of thioether (sulfide) groups is 1. The van der Waals surface area contributed by atoms with Crippen LogP contribution in [-0.4, -0.2) is 16.4 Å². The number of benzene rings is 1. The number of hydrogen-bond donors (Lipinski definition) is 1. The van der Waals surface area contributed by atoms with Gasteiger partial charge in [0.25, 0.3) is 5.24 Å². The molecule has 0 spiro atoms. The van der Waals surface area contributed by atoms with Gasteiger partial charge in [0.2, 0.25) is 5.91 Å². The fraction of sp³-hybridized carbons (Fsp3) is 0.200. The van der Waals surface area contributed by atoms with Crippen LogP contribution in [0.3, 0.4) is 0 Å². The van der Waals surface area contributed by atoms with Crippen LogP contribution in [0.5, 0.6) is 0 Å². The Hall–Kier alpha value is -1.80. The normalized spacial score (nSPS) is 18.3. The van der Waals surface area contributed by atoms with Gasteiger partial charge in [-0.05, 0) is 29.8 Å². The molecule has 1 atom stereocenters. The Kier molecular flexibility index (Phi) is 4.20. The molecule has 3 nitrogen and oxygen atoms in total. The van der Waals surface area contributed by atoms with Crippen LogP contribution in [0, 0.1) is 0 Å². The standard InChI is InChI=1S/C15H10F3NO2S2/c16-15(17,18)9-3-1-8(2-4-9)11-6-5-10(22-11)7-12-13(20)19-14(21)23-12/h1-6,12H,7H2,(H,19,20,21). The Morgan fingerprint density at radius 3 is 2.30 bits per heavy atom. The topological polar surface area (TPSA) is 46.2 Å². The average Bonchev–Trinajstić information content (AvgIpc) is 3.06. The van der Waals surface area contributed by atoms with Crippen LogP contribution >= 0.6 is 23.1 Å². The zero-order chi connectivity index (χ0) is 16.6. The van der Waals surface area contributed by atoms with Gasteiger partial charge in [-0.25, -0.2) is 0 Å². The zero-order valence-corrected chi connectivity index (χ0v) is 13.1. The number of carbonyl (C=O) groups excluding carboxylic acids is 2. The Balaban J connectivity index is 1.74. The van der Waals surface area contributed by atoms with E-state index >= 15 is 0 Å². The number of thiophene rings is 1. The smallest absolute Gasteiger partial charge is 0.286 e. The number of halogens is 3. The maximum absolute atomic E-state index is 12.6. The summed E-state index contributed by atoms with van der Waals surface area (Å²) in [5.74, 6) is -0.301. The van der Waals surface area contributed by atoms with Crippen molar-refractivity contribution in [1.82, 2.24) is 5.32 Å². The molecule has 2 aromatic rings. The van der Waals surface area contributed by atoms with Crippen LogP contribution in [-0.2, 0) is 17.4 Å². The Morgan fingerprint density at radius 2 is 1.74 bits per heavy atom. The Morgan fingerprint density at radius 1 is 1.04 bits per heavy atom. The molecule has 2 heterocycles. The molecule has 1 aromatic heterocycles. The van der Waals surface area contributed by atoms with E-state index in [4.69, 9.17) is 0 Å². The molecular formula is C15H10F3NO2S2. The van der Waals surface area contributed by atoms with Crippen LogP contribution in [0.1, 0.15) is 10.4 Å². The van der Waals surface area contributed by atoms with Gasteiger partial charge >= 0.3 is 6.18 Å². The molecule has 0 saturated carbocycles. The number of hydrogen-bond acceptors (Lipinski definition) is 4. The van der Waals surface area contributed by atoms with Gasteiger partial charge in [-0.2, -0.15) is 13.2 Å². The summed E-state index contributed by atoms with van der Waals surface area (Å²) in [6.07, 6.45) is -3.92. The number of rotatable bonds is 3. The van der Waals surface area contributed by atoms with Crippen molar-refractivity contribution in [2.75, 3.05) is 0 Å². The lowest BCUT2D eigenvalue weighted by Gasteiger charge is -2.06. The first-order chi connectivity index (χ1) is 10.8. The van der Waals surface area contributed by atoms with E-state index in [1.54, 1.807) is 0 Å². The van der Waals surface area contributed by atoms with Gasteiger partial charge in [-0.1, -0.05) is 23.9 Å². The van der Waals surface area contributed by atoms with Crippen molar-refractivity contribution >= 4 is 34.2 Å². The SMILES string of the molecule is O=C1NC(=O)C(Cc2ccc(-c3ccc(C(F)(F)F)cc3)s2)S1. The molecule has 23 heavy (non-hydrogen) atoms. The van der Waals surface area contributed by atoms with Gasteiger partial charge < -0.3 is 0 Å². The van der Waals surface area contributed by atoms with Gasteiger partial charge in [-0.15, -0.1) is 11.3 Å². The molecule has 120 valence electrons. The summed E-state index contributed by atoms with van der Waals surface area (Å²) >= 11 is 2.36. The molecule has 1 fully saturated rings. The summed E-state index contributed by atoms with van der Waals surface area (Å²) in [4.78, 5) is 24.4. The van der Waals surface area contributed by atoms with Gasteiger partial charge in [0, 0.05) is 16.2 Å². The van der Waals surface area contributed by atoms with E-state index in [0.717, 1.165) is 33.6 Å². The minimum absolute atomic E-state index is 0.301. The lowest BCUT2D eigenvalue weighted by atomic mass is 10.1. The van der Waals surface area contributed by atoms with Crippen molar-refractivity contribution in [2.45, 2.75) is 17.8 Å². The highest BCUT2D eigenvalue weighted by atomic mass is 32.2. The average molecular weight is 357 g/mol. The van der Waals surface area contributed by atoms with Crippen LogP contribution in [0.2, 0.25) is 0 Å². The minimum Gasteiger partial charge on any atom is -0.286 e. The van der Waals surface area contributed by atoms with Gasteiger partial charge in [0.05, 0.1) is 10.8 Å². The first-order valence-corrected chi connectivity index (χ1v) is 8.30. The Labute approximate surface area is 137 Å². The fourth-order valence-electron chi connectivity index (χ4n) is 2.18. The molecule has 3 rings (SSSR count). The van der Waals surface area contributed by atoms with E-state index in [2.05, 4.69) is 5.32 Å². The van der Waals surface area contributed by atoms with Gasteiger partial charge in [0.15, 0.2) is 0 Å². The number of imide groups is 1. The van der Waals surface area contributed by atoms with Crippen molar-refractivity contribution in [1.29, 1.82) is 0 Å². The molecule has 1 aromatic carbocycles. The first kappa shape index (κ1) is 16.1. The molecule has 1 saturated heterocycles. The molecule has 1 aliphatic heterocycles. The number of amides is 2. The highest BCUT2D eigenvalue weighted by Gasteiger charge is 2.32. The second-order valence-electron chi connectivity index (χ2n) is 4.93. The molecule has 1 unspecified atom stereocenters. The maximum Gasteiger partial charge on any atom is 0.416 e. The summed E-state index contributed by atoms with van der Waals surface area (Å²) < 4.78 is 37.7. The van der Waals surface area contributed by atoms with E-state index < -0.39 is 17.0 Å². The van der Waals surface area contributed by atoms with Crippen LogP contribution in [0.4, 0.5) is 18.0 Å². The summed E-state index contributed by atoms with van der Waals surface area (Å²) in [5, 5.41) is 1.44. The summed E-state index contributed by atoms with van der Waals surface area (Å²) in [6.45, 7) is 0. The molecule has 1 N–H and O–H groups in total. The van der Waals surface area contributed by atoms with Crippen LogP contribution in [0.25, 0.3) is 10.4 Å². The van der Waals surface area contributed by atoms with Gasteiger partial charge in [-0.3, -0.25) is 14.9 Å². The van der Waals surface area contributed by atoms with E-state index in [1.165, 1.54) is 23.5 Å². The molecule has 8 heteroatoms. The molecule has 0 bridgehead atoms. The number of alkyl halides is 3. The minimum atomic E-state index is -4.35. The summed E-state index contributed by atoms with van der Waals surface area (Å²) in [7, 11) is 0. The molecular weight excluding hydrogens is 347 g/mol. The quantitative estimate of drug-likeness (QED) is 0.889. The molecule has 2 amide bonds. The summed E-state index contributed by atoms with van der Waals surface area (Å²) in [5.41, 5.74) is 0.00409. The predicted octanol–water partition coefficient (Wildman–Crippen LogP) is 4.33. The van der Waals surface area contributed by atoms with Crippen molar-refractivity contribution in [3.8, 4) is 10.4 Å². The van der Waals surface area contributed by atoms with E-state index in [0.29, 0.717) is 12.0 Å². The second kappa shape index (κ2) is 6.01. The van der Waals surface area contributed by atoms with Gasteiger partial charge in [0.1, 0.15) is 0 Å². The predicted molar refractivity (Wildman–Crippen MR) is 83.4 cm³/mol. The zero-order valence-electron chi connectivity index (χ0n) is 11.5. The molecule has 0 radical (unpaired) electrons. The van der Waals surface area contributed by atoms with Crippen LogP contribution in [0.15, 0.2) is 36.4 Å². The number of nitrogens with one attached hydrogen (secondary N) is 1. The van der Waals surface area contributed by atoms with E-state index in [9.17, 15) is 22.8 Å². The maximum atomic E-state index is 12.6. The first-order valence-electron chi connectivity index (χ1n) is 6.61. The van der Waals surface area contributed by atoms with E-state index in [1.807, 2.05) is 12.1 Å². The highest BCUT2D eigenvalue weighted by Crippen LogP contribution is 2.34.